The summed E-state index contributed by atoms with van der Waals surface area (Å²) in [6, 6.07) is 8.52. The average Bonchev–Trinajstić information content (AvgIpc) is 3.23. The van der Waals surface area contributed by atoms with E-state index in [0.717, 1.165) is 82.4 Å². The van der Waals surface area contributed by atoms with Crippen molar-refractivity contribution < 1.29 is 14.7 Å². The van der Waals surface area contributed by atoms with Gasteiger partial charge in [-0.25, -0.2) is 0 Å². The predicted molar refractivity (Wildman–Crippen MR) is 123 cm³/mol. The fraction of sp³-hybridized carbons (Fsp3) is 0.692. The molecule has 6 nitrogen and oxygen atoms in total. The minimum absolute atomic E-state index is 0.175. The van der Waals surface area contributed by atoms with E-state index in [0.29, 0.717) is 24.2 Å². The molecule has 2 heterocycles. The Bertz CT molecular complexity index is 884. The van der Waals surface area contributed by atoms with Gasteiger partial charge in [-0.15, -0.1) is 0 Å². The molecule has 6 aliphatic rings. The Morgan fingerprint density at radius 3 is 2.41 bits per heavy atom. The Kier molecular flexibility index (Phi) is 4.97. The fourth-order valence-corrected chi connectivity index (χ4v) is 7.71. The lowest BCUT2D eigenvalue weighted by Crippen LogP contribution is -2.60. The van der Waals surface area contributed by atoms with Crippen molar-refractivity contribution >= 4 is 23.2 Å². The number of anilines is 2. The van der Waals surface area contributed by atoms with Gasteiger partial charge in [0.15, 0.2) is 0 Å². The summed E-state index contributed by atoms with van der Waals surface area (Å²) in [5, 5.41) is 14.0. The van der Waals surface area contributed by atoms with Gasteiger partial charge in [-0.1, -0.05) is 0 Å². The van der Waals surface area contributed by atoms with Crippen molar-refractivity contribution in [3.8, 4) is 0 Å². The molecule has 4 saturated carbocycles. The Balaban J connectivity index is 1.11. The topological polar surface area (TPSA) is 72.9 Å². The Labute approximate surface area is 190 Å². The van der Waals surface area contributed by atoms with E-state index in [-0.39, 0.29) is 29.4 Å². The second kappa shape index (κ2) is 7.75. The molecular weight excluding hydrogens is 402 g/mol. The van der Waals surface area contributed by atoms with Crippen LogP contribution >= 0.6 is 0 Å². The number of hydrogen-bond donors (Lipinski definition) is 2. The Hall–Kier alpha value is -2.08. The van der Waals surface area contributed by atoms with Crippen molar-refractivity contribution in [2.75, 3.05) is 29.4 Å². The number of hydrogen-bond acceptors (Lipinski definition) is 4. The van der Waals surface area contributed by atoms with Crippen molar-refractivity contribution in [2.24, 2.45) is 23.2 Å². The largest absolute Gasteiger partial charge is 0.393 e. The van der Waals surface area contributed by atoms with Gasteiger partial charge >= 0.3 is 0 Å². The van der Waals surface area contributed by atoms with Crippen LogP contribution in [0.5, 0.6) is 0 Å². The van der Waals surface area contributed by atoms with Crippen LogP contribution in [-0.2, 0) is 9.59 Å². The summed E-state index contributed by atoms with van der Waals surface area (Å²) in [4.78, 5) is 29.8. The van der Waals surface area contributed by atoms with E-state index in [9.17, 15) is 14.7 Å². The van der Waals surface area contributed by atoms with Crippen molar-refractivity contribution in [1.82, 2.24) is 5.32 Å². The molecule has 2 saturated heterocycles. The van der Waals surface area contributed by atoms with Crippen molar-refractivity contribution in [3.63, 3.8) is 0 Å². The van der Waals surface area contributed by atoms with Gasteiger partial charge in [0.05, 0.1) is 11.5 Å². The quantitative estimate of drug-likeness (QED) is 0.759. The zero-order valence-electron chi connectivity index (χ0n) is 18.8. The SMILES string of the molecule is O=C1CCCN1c1ccc(N2CCCC(NC(=O)C34CC5CC(C3)C(O)C(C5)C4)C2)cc1. The number of carbonyl (C=O) groups is 2. The first-order valence-electron chi connectivity index (χ1n) is 12.7. The molecule has 4 bridgehead atoms. The fourth-order valence-electron chi connectivity index (χ4n) is 7.71. The number of nitrogens with zero attached hydrogens (tertiary/aromatic N) is 2. The van der Waals surface area contributed by atoms with E-state index in [1.165, 1.54) is 0 Å². The number of rotatable bonds is 4. The molecule has 2 amide bonds. The number of aliphatic hydroxyl groups is 1. The number of nitrogens with one attached hydrogen (secondary N) is 1. The second-order valence-corrected chi connectivity index (χ2v) is 11.2. The van der Waals surface area contributed by atoms with Crippen LogP contribution in [0, 0.1) is 23.2 Å². The highest BCUT2D eigenvalue weighted by atomic mass is 16.3. The zero-order chi connectivity index (χ0) is 21.9. The van der Waals surface area contributed by atoms with E-state index in [1.54, 1.807) is 0 Å². The molecule has 0 spiro atoms. The third-order valence-electron chi connectivity index (χ3n) is 9.06. The second-order valence-electron chi connectivity index (χ2n) is 11.2. The van der Waals surface area contributed by atoms with Crippen molar-refractivity contribution in [3.05, 3.63) is 24.3 Å². The highest BCUT2D eigenvalue weighted by Crippen LogP contribution is 2.60. The molecule has 172 valence electrons. The van der Waals surface area contributed by atoms with E-state index in [1.807, 2.05) is 4.90 Å². The molecule has 3 atom stereocenters. The van der Waals surface area contributed by atoms with E-state index in [4.69, 9.17) is 0 Å². The lowest BCUT2D eigenvalue weighted by Gasteiger charge is -2.58. The van der Waals surface area contributed by atoms with Crippen LogP contribution in [-0.4, -0.2) is 48.7 Å². The first kappa shape index (κ1) is 20.5. The summed E-state index contributed by atoms with van der Waals surface area (Å²) < 4.78 is 0. The summed E-state index contributed by atoms with van der Waals surface area (Å²) in [6.45, 7) is 2.65. The molecule has 1 aromatic rings. The Morgan fingerprint density at radius 2 is 1.72 bits per heavy atom. The van der Waals surface area contributed by atoms with Crippen LogP contribution in [0.3, 0.4) is 0 Å². The van der Waals surface area contributed by atoms with E-state index >= 15 is 0 Å². The zero-order valence-corrected chi connectivity index (χ0v) is 18.8. The third-order valence-corrected chi connectivity index (χ3v) is 9.06. The van der Waals surface area contributed by atoms with Gasteiger partial charge in [-0.2, -0.15) is 0 Å². The summed E-state index contributed by atoms with van der Waals surface area (Å²) in [5.41, 5.74) is 1.92. The van der Waals surface area contributed by atoms with Gasteiger partial charge in [0, 0.05) is 43.5 Å². The maximum absolute atomic E-state index is 13.5. The molecule has 6 heteroatoms. The number of carbonyl (C=O) groups excluding carboxylic acids is 2. The molecule has 6 fully saturated rings. The smallest absolute Gasteiger partial charge is 0.227 e. The summed E-state index contributed by atoms with van der Waals surface area (Å²) in [5.74, 6) is 1.76. The normalized spacial score (nSPS) is 38.4. The van der Waals surface area contributed by atoms with E-state index in [2.05, 4.69) is 34.5 Å². The summed E-state index contributed by atoms with van der Waals surface area (Å²) >= 11 is 0. The van der Waals surface area contributed by atoms with Crippen LogP contribution in [0.25, 0.3) is 0 Å². The standard InChI is InChI=1S/C26H35N3O3/c30-23-4-2-10-29(23)22-7-5-21(6-8-22)28-9-1-3-20(16-28)27-25(32)26-13-17-11-18(14-26)24(31)19(12-17)15-26/h5-8,17-20,24,31H,1-4,9-16H2,(H,27,32). The number of amides is 2. The summed E-state index contributed by atoms with van der Waals surface area (Å²) in [6.07, 6.45) is 8.50. The van der Waals surface area contributed by atoms with Gasteiger partial charge in [0.25, 0.3) is 0 Å². The first-order chi connectivity index (χ1) is 15.5. The number of piperidine rings is 1. The average molecular weight is 438 g/mol. The lowest BCUT2D eigenvalue weighted by molar-refractivity contribution is -0.163. The van der Waals surface area contributed by atoms with Crippen molar-refractivity contribution in [1.29, 1.82) is 0 Å². The minimum atomic E-state index is -0.234. The highest BCUT2D eigenvalue weighted by Gasteiger charge is 2.58. The van der Waals surface area contributed by atoms with Gasteiger partial charge in [-0.05, 0) is 93.4 Å². The molecule has 4 aliphatic carbocycles. The van der Waals surface area contributed by atoms with Gasteiger partial charge < -0.3 is 20.2 Å². The molecule has 0 radical (unpaired) electrons. The maximum atomic E-state index is 13.5. The Morgan fingerprint density at radius 1 is 1.00 bits per heavy atom. The number of aliphatic hydroxyl groups excluding tert-OH is 1. The minimum Gasteiger partial charge on any atom is -0.393 e. The third kappa shape index (κ3) is 3.42. The van der Waals surface area contributed by atoms with Crippen LogP contribution in [0.1, 0.15) is 57.8 Å². The maximum Gasteiger partial charge on any atom is 0.227 e. The molecule has 7 rings (SSSR count). The first-order valence-corrected chi connectivity index (χ1v) is 12.7. The molecule has 2 N–H and O–H groups in total. The molecule has 1 aromatic carbocycles. The molecule has 2 aliphatic heterocycles. The molecular formula is C26H35N3O3. The molecule has 32 heavy (non-hydrogen) atoms. The lowest BCUT2D eigenvalue weighted by atomic mass is 9.48. The molecule has 0 aromatic heterocycles. The monoisotopic (exact) mass is 437 g/mol. The van der Waals surface area contributed by atoms with Crippen LogP contribution in [0.15, 0.2) is 24.3 Å². The van der Waals surface area contributed by atoms with Crippen LogP contribution < -0.4 is 15.1 Å². The van der Waals surface area contributed by atoms with Gasteiger partial charge in [-0.3, -0.25) is 9.59 Å². The van der Waals surface area contributed by atoms with Crippen molar-refractivity contribution in [2.45, 2.75) is 69.9 Å². The van der Waals surface area contributed by atoms with E-state index < -0.39 is 0 Å². The summed E-state index contributed by atoms with van der Waals surface area (Å²) in [7, 11) is 0. The predicted octanol–water partition coefficient (Wildman–Crippen LogP) is 3.09. The van der Waals surface area contributed by atoms with Gasteiger partial charge in [0.2, 0.25) is 11.8 Å². The molecule has 3 unspecified atom stereocenters. The van der Waals surface area contributed by atoms with Crippen LogP contribution in [0.2, 0.25) is 0 Å². The number of benzene rings is 1. The van der Waals surface area contributed by atoms with Gasteiger partial charge in [0.1, 0.15) is 0 Å². The highest BCUT2D eigenvalue weighted by molar-refractivity contribution is 5.95. The van der Waals surface area contributed by atoms with Crippen LogP contribution in [0.4, 0.5) is 11.4 Å².